The normalized spacial score (nSPS) is 17.7. The highest BCUT2D eigenvalue weighted by Crippen LogP contribution is 2.42. The van der Waals surface area contributed by atoms with Crippen molar-refractivity contribution < 1.29 is 13.9 Å². The van der Waals surface area contributed by atoms with Crippen LogP contribution in [0.2, 0.25) is 5.02 Å². The summed E-state index contributed by atoms with van der Waals surface area (Å²) in [5, 5.41) is 0.492. The van der Waals surface area contributed by atoms with Crippen LogP contribution in [0.5, 0.6) is 5.75 Å². The van der Waals surface area contributed by atoms with E-state index in [2.05, 4.69) is 0 Å². The van der Waals surface area contributed by atoms with Gasteiger partial charge >= 0.3 is 6.03 Å². The average molecular weight is 467 g/mol. The number of amides is 2. The van der Waals surface area contributed by atoms with Gasteiger partial charge in [0, 0.05) is 36.7 Å². The lowest BCUT2D eigenvalue weighted by atomic mass is 9.87. The second-order valence-electron chi connectivity index (χ2n) is 9.20. The molecule has 1 aliphatic heterocycles. The van der Waals surface area contributed by atoms with Crippen LogP contribution in [0.4, 0.5) is 14.9 Å². The number of rotatable bonds is 4. The average Bonchev–Trinajstić information content (AvgIpc) is 3.01. The number of hydrogen-bond acceptors (Lipinski definition) is 2. The summed E-state index contributed by atoms with van der Waals surface area (Å²) < 4.78 is 20.3. The van der Waals surface area contributed by atoms with Crippen molar-refractivity contribution in [3.05, 3.63) is 76.6 Å². The van der Waals surface area contributed by atoms with Gasteiger partial charge in [0.1, 0.15) is 11.6 Å². The number of ether oxygens (including phenoxy) is 1. The third-order valence-electron chi connectivity index (χ3n) is 6.01. The van der Waals surface area contributed by atoms with E-state index in [1.54, 1.807) is 24.0 Å². The minimum atomic E-state index is -0.311. The van der Waals surface area contributed by atoms with E-state index < -0.39 is 0 Å². The van der Waals surface area contributed by atoms with Crippen molar-refractivity contribution in [3.63, 3.8) is 0 Å². The molecular weight excluding hydrogens is 439 g/mol. The minimum Gasteiger partial charge on any atom is -0.495 e. The van der Waals surface area contributed by atoms with Gasteiger partial charge in [-0.15, -0.1) is 0 Å². The van der Waals surface area contributed by atoms with Gasteiger partial charge < -0.3 is 9.64 Å². The molecule has 1 fully saturated rings. The van der Waals surface area contributed by atoms with Gasteiger partial charge in [0.05, 0.1) is 17.8 Å². The minimum absolute atomic E-state index is 0.0644. The molecule has 1 saturated heterocycles. The molecule has 172 valence electrons. The molecule has 0 atom stereocenters. The van der Waals surface area contributed by atoms with E-state index in [4.69, 9.17) is 16.3 Å². The monoisotopic (exact) mass is 466 g/mol. The van der Waals surface area contributed by atoms with Crippen molar-refractivity contribution >= 4 is 28.9 Å². The highest BCUT2D eigenvalue weighted by Gasteiger charge is 2.28. The van der Waals surface area contributed by atoms with Gasteiger partial charge in [-0.3, -0.25) is 4.90 Å². The van der Waals surface area contributed by atoms with Gasteiger partial charge in [-0.1, -0.05) is 43.7 Å². The lowest BCUT2D eigenvalue weighted by molar-refractivity contribution is 0.229. The van der Waals surface area contributed by atoms with Crippen LogP contribution in [-0.2, 0) is 0 Å². The molecule has 1 aliphatic carbocycles. The van der Waals surface area contributed by atoms with E-state index in [9.17, 15) is 9.18 Å². The number of hydrogen-bond donors (Lipinski definition) is 0. The van der Waals surface area contributed by atoms with Crippen LogP contribution in [-0.4, -0.2) is 38.2 Å². The van der Waals surface area contributed by atoms with Crippen molar-refractivity contribution in [2.24, 2.45) is 5.41 Å². The summed E-state index contributed by atoms with van der Waals surface area (Å²) in [5.41, 5.74) is 4.69. The Morgan fingerprint density at radius 1 is 1.12 bits per heavy atom. The highest BCUT2D eigenvalue weighted by molar-refractivity contribution is 6.34. The van der Waals surface area contributed by atoms with Crippen molar-refractivity contribution in [3.8, 4) is 16.9 Å². The molecule has 0 saturated carbocycles. The topological polar surface area (TPSA) is 32.8 Å². The molecule has 2 aliphatic rings. The summed E-state index contributed by atoms with van der Waals surface area (Å²) in [4.78, 5) is 15.8. The predicted octanol–water partition coefficient (Wildman–Crippen LogP) is 7.03. The zero-order valence-corrected chi connectivity index (χ0v) is 20.3. The lowest BCUT2D eigenvalue weighted by Gasteiger charge is -2.21. The summed E-state index contributed by atoms with van der Waals surface area (Å²) in [6.45, 7) is 7.34. The van der Waals surface area contributed by atoms with Gasteiger partial charge in [-0.2, -0.15) is 0 Å². The summed E-state index contributed by atoms with van der Waals surface area (Å²) in [7, 11) is 3.40. The van der Waals surface area contributed by atoms with Crippen LogP contribution in [0.15, 0.2) is 60.5 Å². The van der Waals surface area contributed by atoms with Crippen LogP contribution < -0.4 is 9.64 Å². The van der Waals surface area contributed by atoms with Crippen LogP contribution in [0.3, 0.4) is 0 Å². The molecule has 1 heterocycles. The fraction of sp³-hybridized carbons (Fsp3) is 0.296. The Bertz CT molecular complexity index is 1210. The van der Waals surface area contributed by atoms with Crippen molar-refractivity contribution in [2.75, 3.05) is 32.1 Å². The van der Waals surface area contributed by atoms with Crippen LogP contribution >= 0.6 is 11.6 Å². The highest BCUT2D eigenvalue weighted by atomic mass is 35.5. The molecule has 4 nitrogen and oxygen atoms in total. The maximum Gasteiger partial charge on any atom is 0.324 e. The molecule has 0 aromatic heterocycles. The molecule has 33 heavy (non-hydrogen) atoms. The van der Waals surface area contributed by atoms with Gasteiger partial charge in [-0.05, 0) is 60.0 Å². The summed E-state index contributed by atoms with van der Waals surface area (Å²) in [5.74, 6) is 0.346. The van der Waals surface area contributed by atoms with Crippen LogP contribution in [0, 0.1) is 12.3 Å². The zero-order chi connectivity index (χ0) is 23.9. The molecule has 0 radical (unpaired) electrons. The Balaban J connectivity index is 1.82. The van der Waals surface area contributed by atoms with Crippen LogP contribution in [0.1, 0.15) is 25.0 Å². The number of anilines is 1. The molecule has 2 aromatic rings. The van der Waals surface area contributed by atoms with E-state index in [0.717, 1.165) is 27.8 Å². The first-order chi connectivity index (χ1) is 15.6. The Kier molecular flexibility index (Phi) is 6.10. The molecular formula is C27H28ClFN2O2. The van der Waals surface area contributed by atoms with Crippen molar-refractivity contribution in [2.45, 2.75) is 20.8 Å². The summed E-state index contributed by atoms with van der Waals surface area (Å²) in [6.07, 6.45) is 6.94. The quantitative estimate of drug-likeness (QED) is 0.484. The fourth-order valence-corrected chi connectivity index (χ4v) is 4.61. The Hall–Kier alpha value is -3.05. The Labute approximate surface area is 199 Å². The molecule has 0 unspecified atom stereocenters. The van der Waals surface area contributed by atoms with Gasteiger partial charge in [-0.25, -0.2) is 9.18 Å². The number of likely N-dealkylation sites (N-methyl/N-ethyl adjacent to an activating group) is 1. The number of aryl methyl sites for hydroxylation is 1. The van der Waals surface area contributed by atoms with Gasteiger partial charge in [0.15, 0.2) is 0 Å². The maximum absolute atomic E-state index is 14.4. The second kappa shape index (κ2) is 8.71. The number of urea groups is 1. The predicted molar refractivity (Wildman–Crippen MR) is 134 cm³/mol. The SMILES string of the molecule is COc1c(C2=CC(C)(C)C=CC(F)=C2)cc(C)cc1-c1ccc(N2CCN(C)C2=O)c(Cl)c1. The summed E-state index contributed by atoms with van der Waals surface area (Å²) >= 11 is 6.64. The molecule has 4 rings (SSSR count). The molecule has 2 amide bonds. The number of methoxy groups -OCH3 is 1. The molecule has 6 heteroatoms. The Morgan fingerprint density at radius 2 is 1.85 bits per heavy atom. The molecule has 0 N–H and O–H groups in total. The number of carbonyl (C=O) groups excluding carboxylic acids is 1. The lowest BCUT2D eigenvalue weighted by Crippen LogP contribution is -2.29. The molecule has 0 bridgehead atoms. The third-order valence-corrected chi connectivity index (χ3v) is 6.31. The number of nitrogens with zero attached hydrogens (tertiary/aromatic N) is 2. The van der Waals surface area contributed by atoms with E-state index in [0.29, 0.717) is 29.5 Å². The van der Waals surface area contributed by atoms with Gasteiger partial charge in [0.2, 0.25) is 0 Å². The van der Waals surface area contributed by atoms with E-state index in [1.165, 1.54) is 12.2 Å². The largest absolute Gasteiger partial charge is 0.495 e. The van der Waals surface area contributed by atoms with E-state index >= 15 is 0 Å². The summed E-state index contributed by atoms with van der Waals surface area (Å²) in [6, 6.07) is 9.64. The number of benzene rings is 2. The number of allylic oxidation sites excluding steroid dienone is 6. The van der Waals surface area contributed by atoms with Gasteiger partial charge in [0.25, 0.3) is 0 Å². The maximum atomic E-state index is 14.4. The Morgan fingerprint density at radius 3 is 2.48 bits per heavy atom. The smallest absolute Gasteiger partial charge is 0.324 e. The second-order valence-corrected chi connectivity index (χ2v) is 9.61. The molecule has 0 spiro atoms. The first-order valence-corrected chi connectivity index (χ1v) is 11.3. The van der Waals surface area contributed by atoms with Crippen molar-refractivity contribution in [1.29, 1.82) is 0 Å². The third kappa shape index (κ3) is 4.55. The van der Waals surface area contributed by atoms with E-state index in [-0.39, 0.29) is 17.3 Å². The first-order valence-electron chi connectivity index (χ1n) is 10.9. The molecule has 2 aromatic carbocycles. The van der Waals surface area contributed by atoms with E-state index in [1.807, 2.05) is 63.3 Å². The zero-order valence-electron chi connectivity index (χ0n) is 19.6. The number of carbonyl (C=O) groups is 1. The fourth-order valence-electron chi connectivity index (χ4n) is 4.32. The van der Waals surface area contributed by atoms with Crippen LogP contribution in [0.25, 0.3) is 16.7 Å². The standard InChI is InChI=1S/C27H28ClFN2O2/c1-17-12-21(18-6-7-24(23(28)15-18)31-11-10-30(4)26(31)32)25(33-5)22(13-17)19-14-20(29)8-9-27(2,3)16-19/h6-9,12-16H,10-11H2,1-5H3. The number of halogens is 2. The van der Waals surface area contributed by atoms with Crippen molar-refractivity contribution in [1.82, 2.24) is 4.90 Å². The first kappa shape index (κ1) is 23.1.